The minimum atomic E-state index is 1.14. The van der Waals surface area contributed by atoms with Crippen LogP contribution in [-0.4, -0.2) is 4.98 Å². The van der Waals surface area contributed by atoms with Crippen LogP contribution in [0.4, 0.5) is 0 Å². The quantitative estimate of drug-likeness (QED) is 0.209. The fraction of sp³-hybridized carbons (Fsp3) is 0. The van der Waals surface area contributed by atoms with Gasteiger partial charge >= 0.3 is 0 Å². The number of fused-ring (bicyclic) bond motifs is 3. The summed E-state index contributed by atoms with van der Waals surface area (Å²) in [6.45, 7) is 0. The Morgan fingerprint density at radius 2 is 0.683 bits per heavy atom. The minimum absolute atomic E-state index is 1.14. The predicted molar refractivity (Wildman–Crippen MR) is 176 cm³/mol. The molecule has 0 aliphatic heterocycles. The summed E-state index contributed by atoms with van der Waals surface area (Å²) < 4.78 is 0. The van der Waals surface area contributed by atoms with Gasteiger partial charge in [0.15, 0.2) is 0 Å². The van der Waals surface area contributed by atoms with Crippen LogP contribution in [0.2, 0.25) is 0 Å². The summed E-state index contributed by atoms with van der Waals surface area (Å²) in [5.41, 5.74) is 11.9. The first-order valence-corrected chi connectivity index (χ1v) is 14.0. The van der Waals surface area contributed by atoms with E-state index in [4.69, 9.17) is 0 Å². The molecule has 0 saturated carbocycles. The first kappa shape index (κ1) is 24.6. The van der Waals surface area contributed by atoms with Crippen LogP contribution in [0.3, 0.4) is 0 Å². The fourth-order valence-corrected chi connectivity index (χ4v) is 5.58. The third-order valence-electron chi connectivity index (χ3n) is 7.61. The number of aromatic nitrogens is 1. The zero-order valence-corrected chi connectivity index (χ0v) is 22.7. The second-order valence-corrected chi connectivity index (χ2v) is 10.3. The van der Waals surface area contributed by atoms with Gasteiger partial charge in [-0.1, -0.05) is 133 Å². The molecule has 1 nitrogen and oxygen atoms in total. The standard InChI is InChI=1S/C40H29N/c1-5-13-31(14-6-1)35(32-15-7-2-8-16-32)25-29-21-23-39-37(27-29)38-28-30(22-24-40(38)41-39)26-36(33-17-9-3-10-18-33)34-19-11-4-12-20-34/h1-28,41H. The molecule has 0 aliphatic rings. The summed E-state index contributed by atoms with van der Waals surface area (Å²) in [7, 11) is 0. The Labute approximate surface area is 240 Å². The van der Waals surface area contributed by atoms with Crippen molar-refractivity contribution in [1.29, 1.82) is 0 Å². The number of nitrogens with one attached hydrogen (secondary N) is 1. The van der Waals surface area contributed by atoms with Gasteiger partial charge < -0.3 is 4.98 Å². The summed E-state index contributed by atoms with van der Waals surface area (Å²) in [6.07, 6.45) is 4.60. The Balaban J connectivity index is 1.36. The van der Waals surface area contributed by atoms with Gasteiger partial charge in [-0.05, 0) is 80.9 Å². The van der Waals surface area contributed by atoms with Crippen LogP contribution >= 0.6 is 0 Å². The SMILES string of the molecule is C(=C(c1ccccc1)c1ccccc1)c1ccc2[nH]c3ccc(C=C(c4ccccc4)c4ccccc4)cc3c2c1. The van der Waals surface area contributed by atoms with Crippen LogP contribution in [0.1, 0.15) is 33.4 Å². The summed E-state index contributed by atoms with van der Waals surface area (Å²) in [6, 6.07) is 55.9. The third-order valence-corrected chi connectivity index (χ3v) is 7.61. The number of hydrogen-bond donors (Lipinski definition) is 1. The molecule has 0 aliphatic carbocycles. The van der Waals surface area contributed by atoms with Gasteiger partial charge in [0.25, 0.3) is 0 Å². The molecule has 0 bridgehead atoms. The number of rotatable bonds is 6. The van der Waals surface area contributed by atoms with Crippen molar-refractivity contribution in [3.63, 3.8) is 0 Å². The van der Waals surface area contributed by atoms with Gasteiger partial charge in [0.2, 0.25) is 0 Å². The molecular weight excluding hydrogens is 494 g/mol. The van der Waals surface area contributed by atoms with E-state index in [0.29, 0.717) is 0 Å². The number of hydrogen-bond acceptors (Lipinski definition) is 0. The summed E-state index contributed by atoms with van der Waals surface area (Å²) in [5.74, 6) is 0. The fourth-order valence-electron chi connectivity index (χ4n) is 5.58. The molecule has 0 atom stereocenters. The molecule has 6 aromatic carbocycles. The van der Waals surface area contributed by atoms with Gasteiger partial charge in [0.05, 0.1) is 0 Å². The van der Waals surface area contributed by atoms with Crippen molar-refractivity contribution in [1.82, 2.24) is 4.98 Å². The first-order chi connectivity index (χ1) is 20.3. The van der Waals surface area contributed by atoms with Crippen molar-refractivity contribution < 1.29 is 0 Å². The van der Waals surface area contributed by atoms with Crippen molar-refractivity contribution >= 4 is 45.1 Å². The van der Waals surface area contributed by atoms with Crippen molar-refractivity contribution in [2.75, 3.05) is 0 Å². The maximum atomic E-state index is 3.62. The average Bonchev–Trinajstić information content (AvgIpc) is 3.41. The molecule has 0 fully saturated rings. The van der Waals surface area contributed by atoms with Gasteiger partial charge in [-0.2, -0.15) is 0 Å². The molecular formula is C40H29N. The normalized spacial score (nSPS) is 10.9. The van der Waals surface area contributed by atoms with Crippen LogP contribution < -0.4 is 0 Å². The summed E-state index contributed by atoms with van der Waals surface area (Å²) in [4.78, 5) is 3.62. The Morgan fingerprint density at radius 1 is 0.366 bits per heavy atom. The van der Waals surface area contributed by atoms with E-state index in [9.17, 15) is 0 Å². The largest absolute Gasteiger partial charge is 0.355 e. The first-order valence-electron chi connectivity index (χ1n) is 14.0. The Kier molecular flexibility index (Phi) is 6.61. The molecule has 1 heteroatoms. The molecule has 194 valence electrons. The highest BCUT2D eigenvalue weighted by Gasteiger charge is 2.10. The van der Waals surface area contributed by atoms with E-state index < -0.39 is 0 Å². The van der Waals surface area contributed by atoms with Crippen LogP contribution in [-0.2, 0) is 0 Å². The monoisotopic (exact) mass is 523 g/mol. The van der Waals surface area contributed by atoms with Crippen LogP contribution in [0, 0.1) is 0 Å². The minimum Gasteiger partial charge on any atom is -0.355 e. The van der Waals surface area contributed by atoms with E-state index in [0.717, 1.165) is 11.0 Å². The van der Waals surface area contributed by atoms with E-state index in [1.807, 2.05) is 0 Å². The smallest absolute Gasteiger partial charge is 0.0465 e. The Hall–Kier alpha value is -5.40. The molecule has 0 amide bonds. The highest BCUT2D eigenvalue weighted by molar-refractivity contribution is 6.09. The zero-order chi connectivity index (χ0) is 27.4. The lowest BCUT2D eigenvalue weighted by atomic mass is 9.94. The second kappa shape index (κ2) is 11.0. The number of aromatic amines is 1. The molecule has 0 spiro atoms. The predicted octanol–water partition coefficient (Wildman–Crippen LogP) is 10.5. The van der Waals surface area contributed by atoms with E-state index in [1.165, 1.54) is 55.3 Å². The van der Waals surface area contributed by atoms with E-state index in [2.05, 4.69) is 175 Å². The average molecular weight is 524 g/mol. The molecule has 0 radical (unpaired) electrons. The molecule has 1 N–H and O–H groups in total. The maximum Gasteiger partial charge on any atom is 0.0465 e. The Bertz CT molecular complexity index is 1770. The number of H-pyrrole nitrogens is 1. The van der Waals surface area contributed by atoms with Crippen LogP contribution in [0.5, 0.6) is 0 Å². The molecule has 0 saturated heterocycles. The third kappa shape index (κ3) is 5.14. The van der Waals surface area contributed by atoms with E-state index in [-0.39, 0.29) is 0 Å². The lowest BCUT2D eigenvalue weighted by Gasteiger charge is -2.09. The Morgan fingerprint density at radius 3 is 1.00 bits per heavy atom. The van der Waals surface area contributed by atoms with Gasteiger partial charge in [-0.15, -0.1) is 0 Å². The van der Waals surface area contributed by atoms with E-state index >= 15 is 0 Å². The molecule has 1 aromatic heterocycles. The van der Waals surface area contributed by atoms with Gasteiger partial charge in [0, 0.05) is 21.8 Å². The molecule has 7 aromatic rings. The summed E-state index contributed by atoms with van der Waals surface area (Å²) >= 11 is 0. The highest BCUT2D eigenvalue weighted by atomic mass is 14.7. The van der Waals surface area contributed by atoms with Crippen LogP contribution in [0.15, 0.2) is 158 Å². The van der Waals surface area contributed by atoms with Crippen molar-refractivity contribution in [3.8, 4) is 0 Å². The molecule has 41 heavy (non-hydrogen) atoms. The van der Waals surface area contributed by atoms with Gasteiger partial charge in [0.1, 0.15) is 0 Å². The topological polar surface area (TPSA) is 15.8 Å². The van der Waals surface area contributed by atoms with Gasteiger partial charge in [-0.25, -0.2) is 0 Å². The highest BCUT2D eigenvalue weighted by Crippen LogP contribution is 2.32. The zero-order valence-electron chi connectivity index (χ0n) is 22.7. The van der Waals surface area contributed by atoms with Crippen molar-refractivity contribution in [2.45, 2.75) is 0 Å². The summed E-state index contributed by atoms with van der Waals surface area (Å²) in [5, 5.41) is 2.45. The lowest BCUT2D eigenvalue weighted by Crippen LogP contribution is -1.88. The molecule has 7 rings (SSSR count). The van der Waals surface area contributed by atoms with Gasteiger partial charge in [-0.3, -0.25) is 0 Å². The molecule has 0 unspecified atom stereocenters. The van der Waals surface area contributed by atoms with Crippen molar-refractivity contribution in [2.24, 2.45) is 0 Å². The van der Waals surface area contributed by atoms with E-state index in [1.54, 1.807) is 0 Å². The van der Waals surface area contributed by atoms with Crippen molar-refractivity contribution in [3.05, 3.63) is 191 Å². The van der Waals surface area contributed by atoms with Crippen LogP contribution in [0.25, 0.3) is 45.1 Å². The molecule has 1 heterocycles. The lowest BCUT2D eigenvalue weighted by molar-refractivity contribution is 1.53. The second-order valence-electron chi connectivity index (χ2n) is 10.3. The number of benzene rings is 6. The maximum absolute atomic E-state index is 3.62.